The normalized spacial score (nSPS) is 21.3. The highest BCUT2D eigenvalue weighted by Gasteiger charge is 2.39. The lowest BCUT2D eigenvalue weighted by molar-refractivity contribution is -0.136. The zero-order chi connectivity index (χ0) is 14.0. The molecule has 5 nitrogen and oxygen atoms in total. The molecule has 1 aliphatic rings. The number of aliphatic carboxylic acids is 1. The molecule has 1 aromatic heterocycles. The third-order valence-corrected chi connectivity index (χ3v) is 4.49. The Labute approximate surface area is 116 Å². The van der Waals surface area contributed by atoms with Gasteiger partial charge in [-0.2, -0.15) is 0 Å². The number of aromatic nitrogens is 1. The Morgan fingerprint density at radius 1 is 1.58 bits per heavy atom. The summed E-state index contributed by atoms with van der Waals surface area (Å²) in [6, 6.07) is 0. The van der Waals surface area contributed by atoms with Crippen LogP contribution >= 0.6 is 11.3 Å². The minimum Gasteiger partial charge on any atom is -0.481 e. The van der Waals surface area contributed by atoms with Crippen molar-refractivity contribution in [3.05, 3.63) is 11.1 Å². The number of amides is 1. The van der Waals surface area contributed by atoms with Crippen LogP contribution in [0.25, 0.3) is 0 Å². The molecule has 1 fully saturated rings. The maximum Gasteiger partial charge on any atom is 0.309 e. The van der Waals surface area contributed by atoms with E-state index < -0.39 is 5.97 Å². The Morgan fingerprint density at radius 2 is 2.32 bits per heavy atom. The van der Waals surface area contributed by atoms with Gasteiger partial charge in [0.2, 0.25) is 5.91 Å². The number of nitrogens with zero attached hydrogens (tertiary/aromatic N) is 1. The van der Waals surface area contributed by atoms with Gasteiger partial charge in [-0.1, -0.05) is 20.3 Å². The van der Waals surface area contributed by atoms with Gasteiger partial charge < -0.3 is 10.4 Å². The van der Waals surface area contributed by atoms with Gasteiger partial charge in [-0.25, -0.2) is 4.98 Å². The number of thiazole rings is 1. The first-order valence-corrected chi connectivity index (χ1v) is 7.23. The highest BCUT2D eigenvalue weighted by molar-refractivity contribution is 7.13. The highest BCUT2D eigenvalue weighted by atomic mass is 32.1. The summed E-state index contributed by atoms with van der Waals surface area (Å²) in [7, 11) is 0. The lowest BCUT2D eigenvalue weighted by Gasteiger charge is -2.25. The number of carboxylic acids is 1. The average Bonchev–Trinajstić information content (AvgIpc) is 2.84. The van der Waals surface area contributed by atoms with Gasteiger partial charge in [-0.15, -0.1) is 11.3 Å². The summed E-state index contributed by atoms with van der Waals surface area (Å²) in [4.78, 5) is 26.9. The van der Waals surface area contributed by atoms with E-state index >= 15 is 0 Å². The van der Waals surface area contributed by atoms with Crippen LogP contribution < -0.4 is 5.32 Å². The number of anilines is 1. The first-order chi connectivity index (χ1) is 8.88. The monoisotopic (exact) mass is 282 g/mol. The minimum atomic E-state index is -0.917. The number of carbonyl (C=O) groups excluding carboxylic acids is 1. The Balaban J connectivity index is 1.99. The molecule has 0 aliphatic heterocycles. The zero-order valence-corrected chi connectivity index (χ0v) is 11.9. The SMILES string of the molecule is CC1(C)CCCC1C(=O)Nc1nc(CC(=O)O)cs1. The van der Waals surface area contributed by atoms with Crippen LogP contribution in [0, 0.1) is 11.3 Å². The molecule has 6 heteroatoms. The van der Waals surface area contributed by atoms with Gasteiger partial charge in [-0.3, -0.25) is 9.59 Å². The number of carbonyl (C=O) groups is 2. The summed E-state index contributed by atoms with van der Waals surface area (Å²) in [6.07, 6.45) is 2.94. The second-order valence-corrected chi connectivity index (χ2v) is 6.50. The fourth-order valence-corrected chi connectivity index (χ4v) is 3.32. The van der Waals surface area contributed by atoms with Crippen LogP contribution in [0.5, 0.6) is 0 Å². The van der Waals surface area contributed by atoms with Crippen LogP contribution in [0.2, 0.25) is 0 Å². The van der Waals surface area contributed by atoms with Crippen molar-refractivity contribution < 1.29 is 14.7 Å². The van der Waals surface area contributed by atoms with Gasteiger partial charge in [0.15, 0.2) is 5.13 Å². The second kappa shape index (κ2) is 5.28. The summed E-state index contributed by atoms with van der Waals surface area (Å²) < 4.78 is 0. The number of nitrogens with one attached hydrogen (secondary N) is 1. The fraction of sp³-hybridized carbons (Fsp3) is 0.615. The molecule has 0 radical (unpaired) electrons. The van der Waals surface area contributed by atoms with E-state index in [0.29, 0.717) is 10.8 Å². The van der Waals surface area contributed by atoms with E-state index in [1.54, 1.807) is 5.38 Å². The summed E-state index contributed by atoms with van der Waals surface area (Å²) in [5.74, 6) is -0.904. The lowest BCUT2D eigenvalue weighted by Crippen LogP contribution is -2.30. The van der Waals surface area contributed by atoms with Crippen molar-refractivity contribution in [3.8, 4) is 0 Å². The van der Waals surface area contributed by atoms with Crippen molar-refractivity contribution in [2.45, 2.75) is 39.5 Å². The Morgan fingerprint density at radius 3 is 2.89 bits per heavy atom. The van der Waals surface area contributed by atoms with E-state index in [1.807, 2.05) is 0 Å². The van der Waals surface area contributed by atoms with Gasteiger partial charge >= 0.3 is 5.97 Å². The molecule has 1 unspecified atom stereocenters. The van der Waals surface area contributed by atoms with Crippen molar-refractivity contribution in [2.75, 3.05) is 5.32 Å². The standard InChI is InChI=1S/C13H18N2O3S/c1-13(2)5-3-4-9(13)11(18)15-12-14-8(7-19-12)6-10(16)17/h7,9H,3-6H2,1-2H3,(H,16,17)(H,14,15,18). The van der Waals surface area contributed by atoms with Gasteiger partial charge in [0.1, 0.15) is 0 Å². The molecule has 104 valence electrons. The van der Waals surface area contributed by atoms with Crippen LogP contribution in [0.3, 0.4) is 0 Å². The van der Waals surface area contributed by atoms with Gasteiger partial charge in [0.25, 0.3) is 0 Å². The van der Waals surface area contributed by atoms with E-state index in [0.717, 1.165) is 19.3 Å². The van der Waals surface area contributed by atoms with Gasteiger partial charge in [-0.05, 0) is 18.3 Å². The largest absolute Gasteiger partial charge is 0.481 e. The third-order valence-electron chi connectivity index (χ3n) is 3.69. The Kier molecular flexibility index (Phi) is 3.89. The van der Waals surface area contributed by atoms with Crippen LogP contribution in [0.1, 0.15) is 38.8 Å². The predicted octanol–water partition coefficient (Wildman–Crippen LogP) is 2.54. The average molecular weight is 282 g/mol. The number of carboxylic acid groups (broad SMARTS) is 1. The van der Waals surface area contributed by atoms with E-state index in [4.69, 9.17) is 5.11 Å². The summed E-state index contributed by atoms with van der Waals surface area (Å²) >= 11 is 1.27. The molecular weight excluding hydrogens is 264 g/mol. The summed E-state index contributed by atoms with van der Waals surface area (Å²) in [5, 5.41) is 13.6. The van der Waals surface area contributed by atoms with Crippen molar-refractivity contribution in [2.24, 2.45) is 11.3 Å². The molecule has 1 heterocycles. The third kappa shape index (κ3) is 3.32. The number of hydrogen-bond acceptors (Lipinski definition) is 4. The van der Waals surface area contributed by atoms with Crippen LogP contribution in [0.15, 0.2) is 5.38 Å². The molecule has 2 N–H and O–H groups in total. The van der Waals surface area contributed by atoms with Crippen molar-refractivity contribution in [3.63, 3.8) is 0 Å². The molecule has 0 spiro atoms. The molecule has 1 aliphatic carbocycles. The smallest absolute Gasteiger partial charge is 0.309 e. The van der Waals surface area contributed by atoms with Crippen molar-refractivity contribution in [1.82, 2.24) is 4.98 Å². The number of rotatable bonds is 4. The topological polar surface area (TPSA) is 79.3 Å². The molecule has 0 aromatic carbocycles. The second-order valence-electron chi connectivity index (χ2n) is 5.64. The molecule has 19 heavy (non-hydrogen) atoms. The molecule has 1 amide bonds. The maximum atomic E-state index is 12.2. The molecule has 1 aromatic rings. The predicted molar refractivity (Wildman–Crippen MR) is 73.2 cm³/mol. The van der Waals surface area contributed by atoms with E-state index in [-0.39, 0.29) is 23.7 Å². The molecule has 2 rings (SSSR count). The van der Waals surface area contributed by atoms with Crippen LogP contribution in [-0.2, 0) is 16.0 Å². The lowest BCUT2D eigenvalue weighted by atomic mass is 9.81. The first kappa shape index (κ1) is 14.0. The maximum absolute atomic E-state index is 12.2. The Bertz CT molecular complexity index is 496. The molecular formula is C13H18N2O3S. The van der Waals surface area contributed by atoms with Crippen LogP contribution in [0.4, 0.5) is 5.13 Å². The quantitative estimate of drug-likeness (QED) is 0.889. The van der Waals surface area contributed by atoms with E-state index in [2.05, 4.69) is 24.1 Å². The van der Waals surface area contributed by atoms with Crippen molar-refractivity contribution in [1.29, 1.82) is 0 Å². The van der Waals surface area contributed by atoms with Crippen molar-refractivity contribution >= 4 is 28.3 Å². The molecule has 0 saturated heterocycles. The molecule has 0 bridgehead atoms. The van der Waals surface area contributed by atoms with E-state index in [1.165, 1.54) is 11.3 Å². The summed E-state index contributed by atoms with van der Waals surface area (Å²) in [5.41, 5.74) is 0.518. The number of hydrogen-bond donors (Lipinski definition) is 2. The zero-order valence-electron chi connectivity index (χ0n) is 11.1. The van der Waals surface area contributed by atoms with Gasteiger partial charge in [0, 0.05) is 11.3 Å². The Hall–Kier alpha value is -1.43. The summed E-state index contributed by atoms with van der Waals surface area (Å²) in [6.45, 7) is 4.23. The van der Waals surface area contributed by atoms with Crippen LogP contribution in [-0.4, -0.2) is 22.0 Å². The first-order valence-electron chi connectivity index (χ1n) is 6.35. The fourth-order valence-electron chi connectivity index (χ4n) is 2.61. The van der Waals surface area contributed by atoms with E-state index in [9.17, 15) is 9.59 Å². The molecule has 1 saturated carbocycles. The molecule has 1 atom stereocenters. The minimum absolute atomic E-state index is 0.00118. The van der Waals surface area contributed by atoms with Gasteiger partial charge in [0.05, 0.1) is 12.1 Å². The highest BCUT2D eigenvalue weighted by Crippen LogP contribution is 2.43.